The van der Waals surface area contributed by atoms with Crippen LogP contribution in [0.15, 0.2) is 60.8 Å². The molecule has 2 amide bonds. The van der Waals surface area contributed by atoms with Crippen molar-refractivity contribution in [1.82, 2.24) is 9.88 Å². The van der Waals surface area contributed by atoms with Crippen LogP contribution in [0.5, 0.6) is 0 Å². The Hall–Kier alpha value is -3.58. The Morgan fingerprint density at radius 3 is 2.34 bits per heavy atom. The molecule has 0 atom stereocenters. The lowest BCUT2D eigenvalue weighted by atomic mass is 9.83. The third kappa shape index (κ3) is 6.45. The van der Waals surface area contributed by atoms with Crippen molar-refractivity contribution in [2.75, 3.05) is 12.4 Å². The third-order valence-electron chi connectivity index (χ3n) is 7.53. The van der Waals surface area contributed by atoms with Crippen LogP contribution in [0.2, 0.25) is 0 Å². The average molecular weight is 517 g/mol. The monoisotopic (exact) mass is 516 g/mol. The maximum atomic E-state index is 15.0. The number of anilines is 1. The lowest BCUT2D eigenvalue weighted by molar-refractivity contribution is -0.130. The van der Waals surface area contributed by atoms with Crippen LogP contribution in [0.4, 0.5) is 10.1 Å². The van der Waals surface area contributed by atoms with Crippen LogP contribution in [0.3, 0.4) is 0 Å². The molecule has 0 unspecified atom stereocenters. The van der Waals surface area contributed by atoms with Crippen LogP contribution >= 0.6 is 0 Å². The van der Waals surface area contributed by atoms with Crippen molar-refractivity contribution < 1.29 is 14.0 Å². The Morgan fingerprint density at radius 2 is 1.74 bits per heavy atom. The molecule has 1 aliphatic rings. The highest BCUT2D eigenvalue weighted by atomic mass is 19.1. The van der Waals surface area contributed by atoms with E-state index in [2.05, 4.69) is 10.3 Å². The predicted molar refractivity (Wildman–Crippen MR) is 150 cm³/mol. The first-order chi connectivity index (χ1) is 18.0. The lowest BCUT2D eigenvalue weighted by Gasteiger charge is -2.34. The molecular weight excluding hydrogens is 479 g/mol. The standard InChI is InChI=1S/C31H37FN4O2/c1-20(37)36(4)25-13-10-21(11-14-25)16-29(38)35-24-18-26(22-8-6-5-7-9-22)30(34-19-24)23-12-15-27(28(32)17-23)31(2,3)33/h5-9,12,15,17-19,21,25H,10-11,13-14,16,33H2,1-4H3,(H,35,38). The van der Waals surface area contributed by atoms with E-state index < -0.39 is 5.54 Å². The second-order valence-electron chi connectivity index (χ2n) is 11.0. The number of pyridine rings is 1. The normalized spacial score (nSPS) is 17.6. The number of nitrogens with zero attached hydrogens (tertiary/aromatic N) is 2. The summed E-state index contributed by atoms with van der Waals surface area (Å²) in [5.41, 5.74) is 9.35. The Morgan fingerprint density at radius 1 is 1.05 bits per heavy atom. The quantitative estimate of drug-likeness (QED) is 0.396. The predicted octanol–water partition coefficient (Wildman–Crippen LogP) is 6.11. The Kier molecular flexibility index (Phi) is 8.26. The van der Waals surface area contributed by atoms with E-state index in [9.17, 15) is 14.0 Å². The Labute approximate surface area is 224 Å². The molecule has 0 saturated heterocycles. The second-order valence-corrected chi connectivity index (χ2v) is 11.0. The molecule has 1 aliphatic carbocycles. The van der Waals surface area contributed by atoms with E-state index in [4.69, 9.17) is 5.73 Å². The number of aromatic nitrogens is 1. The van der Waals surface area contributed by atoms with Gasteiger partial charge in [0.2, 0.25) is 11.8 Å². The second kappa shape index (κ2) is 11.4. The summed E-state index contributed by atoms with van der Waals surface area (Å²) in [4.78, 5) is 31.0. The fraction of sp³-hybridized carbons (Fsp3) is 0.387. The SMILES string of the molecule is CC(=O)N(C)C1CCC(CC(=O)Nc2cnc(-c3ccc(C(C)(C)N)c(F)c3)c(-c3ccccc3)c2)CC1. The zero-order valence-electron chi connectivity index (χ0n) is 22.6. The van der Waals surface area contributed by atoms with Crippen LogP contribution in [0.25, 0.3) is 22.4 Å². The zero-order valence-corrected chi connectivity index (χ0v) is 22.6. The molecule has 6 nitrogen and oxygen atoms in total. The highest BCUT2D eigenvalue weighted by molar-refractivity contribution is 5.93. The summed E-state index contributed by atoms with van der Waals surface area (Å²) < 4.78 is 15.0. The molecular formula is C31H37FN4O2. The van der Waals surface area contributed by atoms with Crippen LogP contribution in [-0.2, 0) is 15.1 Å². The first-order valence-electron chi connectivity index (χ1n) is 13.2. The van der Waals surface area contributed by atoms with E-state index in [-0.39, 0.29) is 23.7 Å². The van der Waals surface area contributed by atoms with Gasteiger partial charge in [-0.1, -0.05) is 42.5 Å². The van der Waals surface area contributed by atoms with Crippen LogP contribution in [0.1, 0.15) is 58.4 Å². The van der Waals surface area contributed by atoms with Crippen molar-refractivity contribution in [3.8, 4) is 22.4 Å². The summed E-state index contributed by atoms with van der Waals surface area (Å²) in [6, 6.07) is 16.9. The van der Waals surface area contributed by atoms with E-state index in [1.54, 1.807) is 33.0 Å². The van der Waals surface area contributed by atoms with Gasteiger partial charge < -0.3 is 16.0 Å². The maximum Gasteiger partial charge on any atom is 0.224 e. The molecule has 38 heavy (non-hydrogen) atoms. The van der Waals surface area contributed by atoms with Gasteiger partial charge >= 0.3 is 0 Å². The fourth-order valence-corrected chi connectivity index (χ4v) is 5.25. The van der Waals surface area contributed by atoms with Gasteiger partial charge in [-0.15, -0.1) is 0 Å². The molecule has 0 spiro atoms. The minimum atomic E-state index is -0.797. The van der Waals surface area contributed by atoms with Gasteiger partial charge in [-0.05, 0) is 63.1 Å². The van der Waals surface area contributed by atoms with Gasteiger partial charge in [0, 0.05) is 48.7 Å². The Bertz CT molecular complexity index is 1290. The number of carbonyl (C=O) groups is 2. The number of benzene rings is 2. The minimum absolute atomic E-state index is 0.0532. The number of nitrogens with two attached hydrogens (primary N) is 1. The van der Waals surface area contributed by atoms with Crippen LogP contribution < -0.4 is 11.1 Å². The number of nitrogens with one attached hydrogen (secondary N) is 1. The summed E-state index contributed by atoms with van der Waals surface area (Å²) in [7, 11) is 1.85. The number of rotatable bonds is 7. The average Bonchev–Trinajstić information content (AvgIpc) is 2.88. The first-order valence-corrected chi connectivity index (χ1v) is 13.2. The van der Waals surface area contributed by atoms with Gasteiger partial charge in [-0.2, -0.15) is 0 Å². The molecule has 0 aliphatic heterocycles. The number of halogens is 1. The molecule has 1 heterocycles. The van der Waals surface area contributed by atoms with Crippen molar-refractivity contribution in [2.24, 2.45) is 11.7 Å². The topological polar surface area (TPSA) is 88.3 Å². The molecule has 3 N–H and O–H groups in total. The van der Waals surface area contributed by atoms with E-state index in [1.165, 1.54) is 6.07 Å². The van der Waals surface area contributed by atoms with Crippen molar-refractivity contribution in [3.05, 3.63) is 72.2 Å². The molecule has 1 fully saturated rings. The molecule has 3 aromatic rings. The molecule has 0 radical (unpaired) electrons. The summed E-state index contributed by atoms with van der Waals surface area (Å²) in [5.74, 6) is -0.0566. The number of hydrogen-bond acceptors (Lipinski definition) is 4. The molecule has 1 saturated carbocycles. The number of hydrogen-bond donors (Lipinski definition) is 2. The van der Waals surface area contributed by atoms with E-state index in [0.29, 0.717) is 34.8 Å². The smallest absolute Gasteiger partial charge is 0.224 e. The molecule has 1 aromatic heterocycles. The number of amides is 2. The lowest BCUT2D eigenvalue weighted by Crippen LogP contribution is -2.38. The number of carbonyl (C=O) groups excluding carboxylic acids is 2. The summed E-state index contributed by atoms with van der Waals surface area (Å²) in [5, 5.41) is 3.01. The maximum absolute atomic E-state index is 15.0. The largest absolute Gasteiger partial charge is 0.343 e. The van der Waals surface area contributed by atoms with Crippen molar-refractivity contribution in [3.63, 3.8) is 0 Å². The molecule has 200 valence electrons. The van der Waals surface area contributed by atoms with E-state index >= 15 is 0 Å². The summed E-state index contributed by atoms with van der Waals surface area (Å²) in [6.07, 6.45) is 5.72. The summed E-state index contributed by atoms with van der Waals surface area (Å²) in [6.45, 7) is 5.13. The van der Waals surface area contributed by atoms with Gasteiger partial charge in [-0.3, -0.25) is 14.6 Å². The van der Waals surface area contributed by atoms with Gasteiger partial charge in [0.1, 0.15) is 5.82 Å². The van der Waals surface area contributed by atoms with E-state index in [0.717, 1.165) is 36.8 Å². The molecule has 2 aromatic carbocycles. The van der Waals surface area contributed by atoms with Crippen molar-refractivity contribution >= 4 is 17.5 Å². The third-order valence-corrected chi connectivity index (χ3v) is 7.53. The van der Waals surface area contributed by atoms with Crippen LogP contribution in [0, 0.1) is 11.7 Å². The summed E-state index contributed by atoms with van der Waals surface area (Å²) >= 11 is 0. The minimum Gasteiger partial charge on any atom is -0.343 e. The van der Waals surface area contributed by atoms with Gasteiger partial charge in [-0.25, -0.2) is 4.39 Å². The van der Waals surface area contributed by atoms with E-state index in [1.807, 2.05) is 54.4 Å². The molecule has 0 bridgehead atoms. The zero-order chi connectivity index (χ0) is 27.4. The first kappa shape index (κ1) is 27.5. The molecule has 7 heteroatoms. The molecule has 4 rings (SSSR count). The highest BCUT2D eigenvalue weighted by Gasteiger charge is 2.27. The van der Waals surface area contributed by atoms with Crippen molar-refractivity contribution in [1.29, 1.82) is 0 Å². The van der Waals surface area contributed by atoms with Gasteiger partial charge in [0.25, 0.3) is 0 Å². The highest BCUT2D eigenvalue weighted by Crippen LogP contribution is 2.35. The van der Waals surface area contributed by atoms with Gasteiger partial charge in [0.05, 0.1) is 17.6 Å². The Balaban J connectivity index is 1.52. The van der Waals surface area contributed by atoms with Crippen molar-refractivity contribution in [2.45, 2.75) is 64.5 Å². The van der Waals surface area contributed by atoms with Gasteiger partial charge in [0.15, 0.2) is 0 Å². The van der Waals surface area contributed by atoms with Crippen LogP contribution in [-0.4, -0.2) is 34.8 Å². The fourth-order valence-electron chi connectivity index (χ4n) is 5.25.